The van der Waals surface area contributed by atoms with Crippen molar-refractivity contribution in [3.05, 3.63) is 128 Å². The molecule has 0 N–H and O–H groups in total. The number of benzene rings is 4. The summed E-state index contributed by atoms with van der Waals surface area (Å²) in [5, 5.41) is 3.39. The maximum absolute atomic E-state index is 5.03. The number of hydrogen-bond donors (Lipinski definition) is 0. The maximum atomic E-state index is 5.03. The van der Waals surface area contributed by atoms with Crippen molar-refractivity contribution in [2.75, 3.05) is 0 Å². The summed E-state index contributed by atoms with van der Waals surface area (Å²) in [6, 6.07) is 37.6. The van der Waals surface area contributed by atoms with Crippen molar-refractivity contribution in [3.8, 4) is 22.8 Å². The minimum atomic E-state index is 0.705. The van der Waals surface area contributed by atoms with Gasteiger partial charge in [0.15, 0.2) is 5.82 Å². The van der Waals surface area contributed by atoms with Crippen LogP contribution in [0.2, 0.25) is 0 Å². The molecule has 0 bridgehead atoms. The van der Waals surface area contributed by atoms with E-state index < -0.39 is 0 Å². The first-order chi connectivity index (χ1) is 18.9. The Morgan fingerprint density at radius 2 is 1.00 bits per heavy atom. The van der Waals surface area contributed by atoms with Gasteiger partial charge in [-0.1, -0.05) is 84.9 Å². The SMILES string of the molecule is c1ccc(-c2ncc(-n3c4ccccc4c4ncc5c6ccccc6n(-c6ccccc6)c5c43)cn2)cc1. The van der Waals surface area contributed by atoms with Crippen LogP contribution in [0.25, 0.3) is 66.5 Å². The molecule has 0 atom stereocenters. The molecule has 0 fully saturated rings. The summed E-state index contributed by atoms with van der Waals surface area (Å²) in [4.78, 5) is 14.6. The monoisotopic (exact) mass is 487 g/mol. The minimum absolute atomic E-state index is 0.705. The molecule has 0 saturated heterocycles. The van der Waals surface area contributed by atoms with E-state index in [1.807, 2.05) is 48.9 Å². The second-order valence-electron chi connectivity index (χ2n) is 9.39. The highest BCUT2D eigenvalue weighted by atomic mass is 15.1. The number of para-hydroxylation sites is 3. The van der Waals surface area contributed by atoms with Gasteiger partial charge in [-0.3, -0.25) is 4.98 Å². The summed E-state index contributed by atoms with van der Waals surface area (Å²) in [5.74, 6) is 0.705. The summed E-state index contributed by atoms with van der Waals surface area (Å²) in [7, 11) is 0. The van der Waals surface area contributed by atoms with Crippen LogP contribution in [0.4, 0.5) is 0 Å². The molecule has 4 aromatic heterocycles. The van der Waals surface area contributed by atoms with Gasteiger partial charge in [-0.2, -0.15) is 0 Å². The van der Waals surface area contributed by atoms with Crippen molar-refractivity contribution < 1.29 is 0 Å². The Kier molecular flexibility index (Phi) is 4.45. The average molecular weight is 488 g/mol. The smallest absolute Gasteiger partial charge is 0.159 e. The zero-order chi connectivity index (χ0) is 25.1. The second kappa shape index (κ2) is 8.11. The van der Waals surface area contributed by atoms with Gasteiger partial charge in [0.05, 0.1) is 45.7 Å². The zero-order valence-corrected chi connectivity index (χ0v) is 20.4. The summed E-state index contributed by atoms with van der Waals surface area (Å²) >= 11 is 0. The molecular weight excluding hydrogens is 466 g/mol. The maximum Gasteiger partial charge on any atom is 0.159 e. The Labute approximate surface area is 218 Å². The molecule has 0 aliphatic carbocycles. The Morgan fingerprint density at radius 1 is 0.421 bits per heavy atom. The predicted octanol–water partition coefficient (Wildman–Crippen LogP) is 7.73. The van der Waals surface area contributed by atoms with Crippen LogP contribution in [0, 0.1) is 0 Å². The van der Waals surface area contributed by atoms with Crippen molar-refractivity contribution in [2.45, 2.75) is 0 Å². The van der Waals surface area contributed by atoms with E-state index in [0.717, 1.165) is 55.3 Å². The molecule has 0 saturated carbocycles. The van der Waals surface area contributed by atoms with Crippen molar-refractivity contribution in [1.82, 2.24) is 24.1 Å². The Bertz CT molecular complexity index is 2110. The van der Waals surface area contributed by atoms with Crippen LogP contribution < -0.4 is 0 Å². The second-order valence-corrected chi connectivity index (χ2v) is 9.39. The van der Waals surface area contributed by atoms with Crippen LogP contribution >= 0.6 is 0 Å². The summed E-state index contributed by atoms with van der Waals surface area (Å²) in [5.41, 5.74) is 8.34. The molecule has 8 aromatic rings. The Balaban J connectivity index is 1.52. The molecular formula is C33H21N5. The highest BCUT2D eigenvalue weighted by molar-refractivity contribution is 6.22. The molecule has 0 radical (unpaired) electrons. The van der Waals surface area contributed by atoms with Gasteiger partial charge in [-0.05, 0) is 24.3 Å². The van der Waals surface area contributed by atoms with Crippen LogP contribution in [-0.2, 0) is 0 Å². The first-order valence-electron chi connectivity index (χ1n) is 12.6. The number of fused-ring (bicyclic) bond motifs is 7. The highest BCUT2D eigenvalue weighted by Crippen LogP contribution is 2.40. The Hall–Kier alpha value is -5.29. The molecule has 178 valence electrons. The number of nitrogens with zero attached hydrogens (tertiary/aromatic N) is 5. The molecule has 0 spiro atoms. The van der Waals surface area contributed by atoms with Gasteiger partial charge >= 0.3 is 0 Å². The van der Waals surface area contributed by atoms with Gasteiger partial charge in [0.2, 0.25) is 0 Å². The molecule has 5 heteroatoms. The minimum Gasteiger partial charge on any atom is -0.307 e. The summed E-state index contributed by atoms with van der Waals surface area (Å²) < 4.78 is 4.61. The van der Waals surface area contributed by atoms with Crippen molar-refractivity contribution in [2.24, 2.45) is 0 Å². The number of hydrogen-bond acceptors (Lipinski definition) is 3. The lowest BCUT2D eigenvalue weighted by Gasteiger charge is -2.12. The molecule has 0 amide bonds. The molecule has 5 nitrogen and oxygen atoms in total. The van der Waals surface area contributed by atoms with E-state index in [1.165, 1.54) is 5.39 Å². The molecule has 0 aliphatic heterocycles. The van der Waals surface area contributed by atoms with E-state index in [4.69, 9.17) is 15.0 Å². The molecule has 8 rings (SSSR count). The third-order valence-corrected chi connectivity index (χ3v) is 7.25. The van der Waals surface area contributed by atoms with Gasteiger partial charge in [-0.15, -0.1) is 0 Å². The number of pyridine rings is 1. The normalized spacial score (nSPS) is 11.7. The van der Waals surface area contributed by atoms with E-state index >= 15 is 0 Å². The van der Waals surface area contributed by atoms with Crippen LogP contribution in [-0.4, -0.2) is 24.1 Å². The average Bonchev–Trinajstić information content (AvgIpc) is 3.51. The fourth-order valence-electron chi connectivity index (χ4n) is 5.62. The first kappa shape index (κ1) is 20.9. The number of aromatic nitrogens is 5. The van der Waals surface area contributed by atoms with E-state index in [9.17, 15) is 0 Å². The zero-order valence-electron chi connectivity index (χ0n) is 20.4. The predicted molar refractivity (Wildman–Crippen MR) is 154 cm³/mol. The molecule has 38 heavy (non-hydrogen) atoms. The van der Waals surface area contributed by atoms with Gasteiger partial charge < -0.3 is 9.13 Å². The van der Waals surface area contributed by atoms with Gasteiger partial charge in [-0.25, -0.2) is 9.97 Å². The van der Waals surface area contributed by atoms with Crippen LogP contribution in [0.5, 0.6) is 0 Å². The van der Waals surface area contributed by atoms with Crippen LogP contribution in [0.15, 0.2) is 128 Å². The number of rotatable bonds is 3. The van der Waals surface area contributed by atoms with Crippen molar-refractivity contribution in [3.63, 3.8) is 0 Å². The highest BCUT2D eigenvalue weighted by Gasteiger charge is 2.22. The van der Waals surface area contributed by atoms with Crippen molar-refractivity contribution in [1.29, 1.82) is 0 Å². The fourth-order valence-corrected chi connectivity index (χ4v) is 5.62. The lowest BCUT2D eigenvalue weighted by atomic mass is 10.2. The lowest BCUT2D eigenvalue weighted by molar-refractivity contribution is 1.08. The first-order valence-corrected chi connectivity index (χ1v) is 12.6. The van der Waals surface area contributed by atoms with Gasteiger partial charge in [0, 0.05) is 33.6 Å². The van der Waals surface area contributed by atoms with Gasteiger partial charge in [0.1, 0.15) is 0 Å². The molecule has 0 aliphatic rings. The quantitative estimate of drug-likeness (QED) is 0.256. The third kappa shape index (κ3) is 2.96. The topological polar surface area (TPSA) is 48.5 Å². The summed E-state index contributed by atoms with van der Waals surface area (Å²) in [6.07, 6.45) is 5.84. The Morgan fingerprint density at radius 3 is 1.74 bits per heavy atom. The van der Waals surface area contributed by atoms with Crippen LogP contribution in [0.3, 0.4) is 0 Å². The van der Waals surface area contributed by atoms with Gasteiger partial charge in [0.25, 0.3) is 0 Å². The molecule has 4 heterocycles. The van der Waals surface area contributed by atoms with Crippen molar-refractivity contribution >= 4 is 43.7 Å². The molecule has 4 aromatic carbocycles. The van der Waals surface area contributed by atoms with E-state index in [0.29, 0.717) is 5.82 Å². The third-order valence-electron chi connectivity index (χ3n) is 7.25. The van der Waals surface area contributed by atoms with E-state index in [2.05, 4.69) is 88.0 Å². The molecule has 0 unspecified atom stereocenters. The van der Waals surface area contributed by atoms with E-state index in [-0.39, 0.29) is 0 Å². The lowest BCUT2D eigenvalue weighted by Crippen LogP contribution is -2.00. The summed E-state index contributed by atoms with van der Waals surface area (Å²) in [6.45, 7) is 0. The fraction of sp³-hybridized carbons (Fsp3) is 0. The van der Waals surface area contributed by atoms with E-state index in [1.54, 1.807) is 0 Å². The standard InChI is InChI=1S/C33H21N5/c1-3-11-22(12-4-1)33-35-19-24(20-36-33)38-29-18-10-8-16-26(29)30-32(38)31-27(21-34-30)25-15-7-9-17-28(25)37(31)23-13-5-2-6-14-23/h1-21H. The largest absolute Gasteiger partial charge is 0.307 e. The van der Waals surface area contributed by atoms with Crippen LogP contribution in [0.1, 0.15) is 0 Å².